The van der Waals surface area contributed by atoms with Crippen LogP contribution >= 0.6 is 0 Å². The van der Waals surface area contributed by atoms with E-state index in [0.717, 1.165) is 59.4 Å². The van der Waals surface area contributed by atoms with Crippen molar-refractivity contribution < 1.29 is 4.74 Å². The molecule has 0 radical (unpaired) electrons. The number of hydrogen-bond acceptors (Lipinski definition) is 6. The highest BCUT2D eigenvalue weighted by atomic mass is 16.5. The quantitative estimate of drug-likeness (QED) is 0.590. The molecule has 0 atom stereocenters. The molecule has 0 spiro atoms. The van der Waals surface area contributed by atoms with Gasteiger partial charge in [-0.25, -0.2) is 9.97 Å². The van der Waals surface area contributed by atoms with Gasteiger partial charge < -0.3 is 10.1 Å². The van der Waals surface area contributed by atoms with Crippen molar-refractivity contribution >= 4 is 27.8 Å². The number of aromatic nitrogens is 6. The Bertz CT molecular complexity index is 1080. The van der Waals surface area contributed by atoms with Crippen molar-refractivity contribution in [2.45, 2.75) is 18.9 Å². The summed E-state index contributed by atoms with van der Waals surface area (Å²) in [6.45, 7) is 1.56. The van der Waals surface area contributed by atoms with Crippen molar-refractivity contribution in [1.29, 1.82) is 0 Å². The average Bonchev–Trinajstić information content (AvgIpc) is 3.29. The van der Waals surface area contributed by atoms with Crippen LogP contribution in [-0.2, 0) is 11.8 Å². The average molecular weight is 349 g/mol. The molecule has 1 saturated heterocycles. The molecule has 1 aromatic carbocycles. The minimum absolute atomic E-state index is 0.347. The Morgan fingerprint density at radius 1 is 1.15 bits per heavy atom. The molecule has 1 fully saturated rings. The number of H-pyrrole nitrogens is 1. The lowest BCUT2D eigenvalue weighted by Gasteiger charge is -2.24. The van der Waals surface area contributed by atoms with E-state index in [4.69, 9.17) is 14.7 Å². The predicted octanol–water partition coefficient (Wildman–Crippen LogP) is 2.50. The lowest BCUT2D eigenvalue weighted by molar-refractivity contribution is 0.0904. The number of nitrogens with one attached hydrogen (secondary N) is 2. The second-order valence-corrected chi connectivity index (χ2v) is 6.57. The van der Waals surface area contributed by atoms with Crippen LogP contribution in [0.15, 0.2) is 30.6 Å². The van der Waals surface area contributed by atoms with Crippen LogP contribution in [0.3, 0.4) is 0 Å². The van der Waals surface area contributed by atoms with Gasteiger partial charge in [-0.2, -0.15) is 10.2 Å². The summed E-state index contributed by atoms with van der Waals surface area (Å²) >= 11 is 0. The molecule has 4 aromatic rings. The molecule has 0 amide bonds. The highest BCUT2D eigenvalue weighted by molar-refractivity contribution is 5.95. The molecule has 1 aliphatic heterocycles. The fourth-order valence-electron chi connectivity index (χ4n) is 3.45. The number of aryl methyl sites for hydroxylation is 1. The zero-order valence-electron chi connectivity index (χ0n) is 14.4. The van der Waals surface area contributed by atoms with Gasteiger partial charge in [-0.15, -0.1) is 0 Å². The van der Waals surface area contributed by atoms with Crippen molar-refractivity contribution in [3.05, 3.63) is 30.6 Å². The van der Waals surface area contributed by atoms with Gasteiger partial charge in [-0.1, -0.05) is 12.1 Å². The molecular weight excluding hydrogens is 330 g/mol. The molecule has 26 heavy (non-hydrogen) atoms. The van der Waals surface area contributed by atoms with Gasteiger partial charge in [0.1, 0.15) is 5.82 Å². The van der Waals surface area contributed by atoms with Gasteiger partial charge in [-0.3, -0.25) is 9.78 Å². The number of aromatic amines is 1. The highest BCUT2D eigenvalue weighted by Gasteiger charge is 2.19. The van der Waals surface area contributed by atoms with Crippen molar-refractivity contribution in [3.63, 3.8) is 0 Å². The van der Waals surface area contributed by atoms with Crippen LogP contribution in [0.5, 0.6) is 0 Å². The van der Waals surface area contributed by atoms with Crippen molar-refractivity contribution in [2.75, 3.05) is 18.5 Å². The fourth-order valence-corrected chi connectivity index (χ4v) is 3.45. The van der Waals surface area contributed by atoms with Gasteiger partial charge >= 0.3 is 0 Å². The van der Waals surface area contributed by atoms with Crippen LogP contribution in [0.2, 0.25) is 0 Å². The Kier molecular flexibility index (Phi) is 3.56. The largest absolute Gasteiger partial charge is 0.381 e. The Morgan fingerprint density at radius 3 is 2.92 bits per heavy atom. The van der Waals surface area contributed by atoms with E-state index < -0.39 is 0 Å². The number of benzene rings is 1. The van der Waals surface area contributed by atoms with Gasteiger partial charge in [0, 0.05) is 37.3 Å². The van der Waals surface area contributed by atoms with Gasteiger partial charge in [0.05, 0.1) is 23.3 Å². The monoisotopic (exact) mass is 349 g/mol. The second-order valence-electron chi connectivity index (χ2n) is 6.57. The zero-order chi connectivity index (χ0) is 17.5. The van der Waals surface area contributed by atoms with E-state index in [1.54, 1.807) is 4.68 Å². The molecule has 4 heterocycles. The van der Waals surface area contributed by atoms with Crippen molar-refractivity contribution in [3.8, 4) is 11.4 Å². The van der Waals surface area contributed by atoms with E-state index in [1.165, 1.54) is 0 Å². The summed E-state index contributed by atoms with van der Waals surface area (Å²) in [5, 5.41) is 17.0. The van der Waals surface area contributed by atoms with Crippen LogP contribution in [-0.4, -0.2) is 49.2 Å². The third-order valence-electron chi connectivity index (χ3n) is 4.88. The second kappa shape index (κ2) is 6.06. The Labute approximate surface area is 149 Å². The Morgan fingerprint density at radius 2 is 2.04 bits per heavy atom. The molecule has 0 aliphatic carbocycles. The van der Waals surface area contributed by atoms with Crippen LogP contribution in [0.4, 0.5) is 5.82 Å². The number of nitrogens with zero attached hydrogens (tertiary/aromatic N) is 5. The highest BCUT2D eigenvalue weighted by Crippen LogP contribution is 2.29. The predicted molar refractivity (Wildman–Crippen MR) is 98.9 cm³/mol. The lowest BCUT2D eigenvalue weighted by Crippen LogP contribution is -2.28. The molecular formula is C18H19N7O. The molecule has 2 N–H and O–H groups in total. The first-order valence-electron chi connectivity index (χ1n) is 8.76. The number of fused-ring (bicyclic) bond motifs is 2. The van der Waals surface area contributed by atoms with E-state index >= 15 is 0 Å². The first-order valence-corrected chi connectivity index (χ1v) is 8.76. The van der Waals surface area contributed by atoms with Crippen LogP contribution in [0, 0.1) is 0 Å². The first-order chi connectivity index (χ1) is 12.8. The lowest BCUT2D eigenvalue weighted by atomic mass is 10.1. The van der Waals surface area contributed by atoms with Crippen LogP contribution < -0.4 is 5.32 Å². The molecule has 5 rings (SSSR count). The SMILES string of the molecule is Cn1ncc2c(NC3CCOCC3)nc(-c3cccc4[nH]ncc34)nc21. The van der Waals surface area contributed by atoms with Gasteiger partial charge in [-0.05, 0) is 18.9 Å². The van der Waals surface area contributed by atoms with Crippen molar-refractivity contribution in [2.24, 2.45) is 7.05 Å². The van der Waals surface area contributed by atoms with Crippen molar-refractivity contribution in [1.82, 2.24) is 29.9 Å². The molecule has 8 heteroatoms. The molecule has 0 unspecified atom stereocenters. The third kappa shape index (κ3) is 2.50. The molecule has 132 valence electrons. The molecule has 0 saturated carbocycles. The molecule has 8 nitrogen and oxygen atoms in total. The first kappa shape index (κ1) is 15.3. The van der Waals surface area contributed by atoms with E-state index in [1.807, 2.05) is 37.6 Å². The third-order valence-corrected chi connectivity index (χ3v) is 4.88. The standard InChI is InChI=1S/C18H19N7O/c1-25-18-14(10-20-25)17(21-11-5-7-26-8-6-11)22-16(23-18)12-3-2-4-15-13(12)9-19-24-15/h2-4,9-11H,5-8H2,1H3,(H,19,24)(H,21,22,23). The number of hydrogen-bond donors (Lipinski definition) is 2. The van der Waals surface area contributed by atoms with E-state index in [9.17, 15) is 0 Å². The zero-order valence-corrected chi connectivity index (χ0v) is 14.4. The maximum atomic E-state index is 5.46. The number of rotatable bonds is 3. The van der Waals surface area contributed by atoms with Crippen LogP contribution in [0.1, 0.15) is 12.8 Å². The minimum atomic E-state index is 0.347. The summed E-state index contributed by atoms with van der Waals surface area (Å²) in [6.07, 6.45) is 5.57. The van der Waals surface area contributed by atoms with Gasteiger partial charge in [0.15, 0.2) is 11.5 Å². The maximum Gasteiger partial charge on any atom is 0.164 e. The summed E-state index contributed by atoms with van der Waals surface area (Å²) in [5.74, 6) is 1.49. The topological polar surface area (TPSA) is 93.5 Å². The normalized spacial score (nSPS) is 15.7. The summed E-state index contributed by atoms with van der Waals surface area (Å²) in [5.41, 5.74) is 2.73. The molecule has 3 aromatic heterocycles. The number of anilines is 1. The van der Waals surface area contributed by atoms with E-state index in [2.05, 4.69) is 20.6 Å². The van der Waals surface area contributed by atoms with Crippen LogP contribution in [0.25, 0.3) is 33.3 Å². The van der Waals surface area contributed by atoms with Gasteiger partial charge in [0.2, 0.25) is 0 Å². The van der Waals surface area contributed by atoms with E-state index in [0.29, 0.717) is 11.9 Å². The smallest absolute Gasteiger partial charge is 0.164 e. The summed E-state index contributed by atoms with van der Waals surface area (Å²) in [6, 6.07) is 6.35. The summed E-state index contributed by atoms with van der Waals surface area (Å²) in [4.78, 5) is 9.62. The minimum Gasteiger partial charge on any atom is -0.381 e. The molecule has 1 aliphatic rings. The number of ether oxygens (including phenoxy) is 1. The van der Waals surface area contributed by atoms with Gasteiger partial charge in [0.25, 0.3) is 0 Å². The molecule has 0 bridgehead atoms. The fraction of sp³-hybridized carbons (Fsp3) is 0.333. The maximum absolute atomic E-state index is 5.46. The van der Waals surface area contributed by atoms with E-state index in [-0.39, 0.29) is 0 Å². The summed E-state index contributed by atoms with van der Waals surface area (Å²) in [7, 11) is 1.90. The summed E-state index contributed by atoms with van der Waals surface area (Å²) < 4.78 is 7.24. The Balaban J connectivity index is 1.66. The Hall–Kier alpha value is -3.00.